The molecule has 0 bridgehead atoms. The zero-order valence-electron chi connectivity index (χ0n) is 22.4. The van der Waals surface area contributed by atoms with Gasteiger partial charge in [0.05, 0.1) is 12.8 Å². The van der Waals surface area contributed by atoms with Crippen LogP contribution < -0.4 is 27.4 Å². The second-order valence-electron chi connectivity index (χ2n) is 9.24. The third kappa shape index (κ3) is 10.7. The van der Waals surface area contributed by atoms with Gasteiger partial charge < -0.3 is 27.4 Å². The van der Waals surface area contributed by atoms with Crippen LogP contribution in [-0.4, -0.2) is 29.1 Å². The molecule has 3 rings (SSSR count). The van der Waals surface area contributed by atoms with Gasteiger partial charge in [0.2, 0.25) is 16.9 Å². The molecular formula is C29H37N7O2S. The Morgan fingerprint density at radius 1 is 0.974 bits per heavy atom. The Kier molecular flexibility index (Phi) is 11.7. The Morgan fingerprint density at radius 3 is 2.46 bits per heavy atom. The molecule has 7 N–H and O–H groups in total. The molecule has 2 amide bonds. The van der Waals surface area contributed by atoms with Crippen molar-refractivity contribution in [3.63, 3.8) is 0 Å². The number of nitrogens with zero attached hydrogens (tertiary/aromatic N) is 2. The number of anilines is 1. The molecule has 0 saturated carbocycles. The molecule has 1 unspecified atom stereocenters. The smallest absolute Gasteiger partial charge is 0.230 e. The molecule has 2 aromatic carbocycles. The monoisotopic (exact) mass is 547 g/mol. The predicted molar refractivity (Wildman–Crippen MR) is 157 cm³/mol. The maximum absolute atomic E-state index is 12.4. The molecule has 0 fully saturated rings. The number of allylic oxidation sites excluding steroid dienone is 3. The van der Waals surface area contributed by atoms with Gasteiger partial charge >= 0.3 is 0 Å². The fourth-order valence-corrected chi connectivity index (χ4v) is 4.64. The molecular weight excluding hydrogens is 510 g/mol. The molecule has 0 aliphatic heterocycles. The largest absolute Gasteiger partial charge is 0.391 e. The molecule has 0 aliphatic carbocycles. The number of unbranched alkanes of at least 4 members (excludes halogenated alkanes) is 1. The van der Waals surface area contributed by atoms with E-state index in [1.165, 1.54) is 11.3 Å². The molecule has 0 aliphatic rings. The van der Waals surface area contributed by atoms with Gasteiger partial charge in [-0.05, 0) is 55.0 Å². The van der Waals surface area contributed by atoms with Gasteiger partial charge in [0, 0.05) is 25.2 Å². The van der Waals surface area contributed by atoms with E-state index >= 15 is 0 Å². The molecule has 1 atom stereocenters. The van der Waals surface area contributed by atoms with Crippen LogP contribution in [0, 0.1) is 0 Å². The molecule has 3 aromatic rings. The molecule has 39 heavy (non-hydrogen) atoms. The van der Waals surface area contributed by atoms with Gasteiger partial charge in [-0.3, -0.25) is 9.59 Å². The Balaban J connectivity index is 1.39. The minimum absolute atomic E-state index is 0.0779. The van der Waals surface area contributed by atoms with Gasteiger partial charge in [0.1, 0.15) is 10.8 Å². The minimum Gasteiger partial charge on any atom is -0.391 e. The molecule has 10 heteroatoms. The first-order valence-corrected chi connectivity index (χ1v) is 13.8. The van der Waals surface area contributed by atoms with Crippen molar-refractivity contribution < 1.29 is 9.59 Å². The summed E-state index contributed by atoms with van der Waals surface area (Å²) in [6.07, 6.45) is 7.54. The summed E-state index contributed by atoms with van der Waals surface area (Å²) in [4.78, 5) is 24.6. The summed E-state index contributed by atoms with van der Waals surface area (Å²) in [5.74, 6) is 0.0121. The topological polar surface area (TPSA) is 148 Å². The zero-order valence-corrected chi connectivity index (χ0v) is 23.3. The number of rotatable bonds is 14. The molecule has 1 aromatic heterocycles. The average Bonchev–Trinajstić information content (AvgIpc) is 3.35. The van der Waals surface area contributed by atoms with Crippen LogP contribution in [0.2, 0.25) is 0 Å². The third-order valence-electron chi connectivity index (χ3n) is 5.92. The summed E-state index contributed by atoms with van der Waals surface area (Å²) in [6.45, 7) is 1.92. The molecule has 0 saturated heterocycles. The Hall–Kier alpha value is -4.02. The third-order valence-corrected chi connectivity index (χ3v) is 6.82. The Morgan fingerprint density at radius 2 is 1.72 bits per heavy atom. The van der Waals surface area contributed by atoms with Crippen LogP contribution in [0.5, 0.6) is 0 Å². The fraction of sp³-hybridized carbons (Fsp3) is 0.310. The lowest BCUT2D eigenvalue weighted by Gasteiger charge is -2.08. The first kappa shape index (κ1) is 29.5. The summed E-state index contributed by atoms with van der Waals surface area (Å²) in [6, 6.07) is 17.2. The van der Waals surface area contributed by atoms with Crippen LogP contribution in [0.15, 0.2) is 78.3 Å². The maximum Gasteiger partial charge on any atom is 0.230 e. The summed E-state index contributed by atoms with van der Waals surface area (Å²) in [5, 5.41) is 18.4. The van der Waals surface area contributed by atoms with Gasteiger partial charge in [-0.1, -0.05) is 65.9 Å². The molecule has 1 heterocycles. The van der Waals surface area contributed by atoms with Crippen LogP contribution in [0.3, 0.4) is 0 Å². The first-order valence-electron chi connectivity index (χ1n) is 13.0. The number of carbonyl (C=O) groups excluding carboxylic acids is 2. The van der Waals surface area contributed by atoms with E-state index in [1.807, 2.05) is 74.6 Å². The van der Waals surface area contributed by atoms with Crippen molar-refractivity contribution >= 4 is 28.3 Å². The van der Waals surface area contributed by atoms with Crippen LogP contribution in [0.4, 0.5) is 5.13 Å². The van der Waals surface area contributed by atoms with Gasteiger partial charge in [0.15, 0.2) is 0 Å². The van der Waals surface area contributed by atoms with Crippen molar-refractivity contribution in [1.82, 2.24) is 20.8 Å². The van der Waals surface area contributed by atoms with E-state index in [-0.39, 0.29) is 30.7 Å². The fourth-order valence-electron chi connectivity index (χ4n) is 3.84. The van der Waals surface area contributed by atoms with E-state index in [1.54, 1.807) is 6.08 Å². The van der Waals surface area contributed by atoms with E-state index in [9.17, 15) is 9.59 Å². The minimum atomic E-state index is -0.155. The van der Waals surface area contributed by atoms with Crippen molar-refractivity contribution in [3.05, 3.63) is 100.0 Å². The number of nitrogens with one attached hydrogen (secondary N) is 3. The number of carbonyl (C=O) groups is 2. The number of aryl methyl sites for hydroxylation is 1. The number of amides is 2. The SMILES string of the molecule is CN/C(=C\C=C(/N)NC(=O)Cc1ccccc1)CCCCc1nnc(NC(=O)Cc2cccc(C(C)N)c2)s1. The van der Waals surface area contributed by atoms with Crippen molar-refractivity contribution in [2.75, 3.05) is 12.4 Å². The van der Waals surface area contributed by atoms with E-state index in [0.29, 0.717) is 11.0 Å². The maximum atomic E-state index is 12.4. The summed E-state index contributed by atoms with van der Waals surface area (Å²) >= 11 is 1.39. The van der Waals surface area contributed by atoms with Gasteiger partial charge in [-0.15, -0.1) is 10.2 Å². The summed E-state index contributed by atoms with van der Waals surface area (Å²) in [5.41, 5.74) is 15.8. The zero-order chi connectivity index (χ0) is 28.0. The standard InChI is InChI=1S/C29H37N7O2S/c1-20(30)23-12-8-11-22(17-23)19-27(38)34-29-36-35-28(39-29)14-7-6-13-24(32-2)15-16-25(31)33-26(37)18-21-9-4-3-5-10-21/h3-5,8-12,15-17,20,32H,6-7,13-14,18-19,30-31H2,1-2H3,(H,33,37)(H,34,36,38)/b24-15-,25-16+. The lowest BCUT2D eigenvalue weighted by atomic mass is 10.0. The lowest BCUT2D eigenvalue weighted by molar-refractivity contribution is -0.119. The second-order valence-corrected chi connectivity index (χ2v) is 10.3. The number of hydrogen-bond donors (Lipinski definition) is 5. The van der Waals surface area contributed by atoms with Crippen LogP contribution in [0.25, 0.3) is 0 Å². The average molecular weight is 548 g/mol. The number of benzene rings is 2. The molecule has 0 radical (unpaired) electrons. The summed E-state index contributed by atoms with van der Waals surface area (Å²) in [7, 11) is 1.86. The highest BCUT2D eigenvalue weighted by Gasteiger charge is 2.10. The predicted octanol–water partition coefficient (Wildman–Crippen LogP) is 3.71. The molecule has 0 spiro atoms. The van der Waals surface area contributed by atoms with E-state index in [0.717, 1.165) is 53.1 Å². The number of aromatic nitrogens is 2. The van der Waals surface area contributed by atoms with E-state index in [4.69, 9.17) is 11.5 Å². The van der Waals surface area contributed by atoms with E-state index in [2.05, 4.69) is 26.1 Å². The normalized spacial score (nSPS) is 12.6. The molecule has 206 valence electrons. The molecule has 9 nitrogen and oxygen atoms in total. The van der Waals surface area contributed by atoms with Crippen molar-refractivity contribution in [2.24, 2.45) is 11.5 Å². The van der Waals surface area contributed by atoms with Gasteiger partial charge in [-0.25, -0.2) is 0 Å². The van der Waals surface area contributed by atoms with E-state index < -0.39 is 0 Å². The van der Waals surface area contributed by atoms with Crippen molar-refractivity contribution in [2.45, 2.75) is 51.5 Å². The summed E-state index contributed by atoms with van der Waals surface area (Å²) < 4.78 is 0. The Labute approximate surface area is 233 Å². The quantitative estimate of drug-likeness (QED) is 0.153. The Bertz CT molecular complexity index is 1290. The first-order chi connectivity index (χ1) is 18.8. The van der Waals surface area contributed by atoms with Gasteiger partial charge in [0.25, 0.3) is 0 Å². The lowest BCUT2D eigenvalue weighted by Crippen LogP contribution is -2.28. The second kappa shape index (κ2) is 15.4. The number of nitrogens with two attached hydrogens (primary N) is 2. The highest BCUT2D eigenvalue weighted by Crippen LogP contribution is 2.19. The van der Waals surface area contributed by atoms with Crippen LogP contribution in [0.1, 0.15) is 53.9 Å². The van der Waals surface area contributed by atoms with Gasteiger partial charge in [-0.2, -0.15) is 0 Å². The van der Waals surface area contributed by atoms with Crippen LogP contribution in [-0.2, 0) is 28.9 Å². The van der Waals surface area contributed by atoms with Crippen molar-refractivity contribution in [1.29, 1.82) is 0 Å². The van der Waals surface area contributed by atoms with Crippen molar-refractivity contribution in [3.8, 4) is 0 Å². The number of hydrogen-bond acceptors (Lipinski definition) is 8. The van der Waals surface area contributed by atoms with Crippen LogP contribution >= 0.6 is 11.3 Å². The highest BCUT2D eigenvalue weighted by atomic mass is 32.1. The highest BCUT2D eigenvalue weighted by molar-refractivity contribution is 7.15.